The molecule has 4 aromatic rings. The molecule has 0 atom stereocenters. The highest BCUT2D eigenvalue weighted by atomic mass is 127. The Kier molecular flexibility index (Phi) is 5.01. The van der Waals surface area contributed by atoms with E-state index in [2.05, 4.69) is 48.8 Å². The van der Waals surface area contributed by atoms with E-state index in [-0.39, 0.29) is 5.91 Å². The predicted molar refractivity (Wildman–Crippen MR) is 119 cm³/mol. The van der Waals surface area contributed by atoms with Gasteiger partial charge >= 0.3 is 0 Å². The summed E-state index contributed by atoms with van der Waals surface area (Å²) in [6.45, 7) is 2.02. The van der Waals surface area contributed by atoms with Crippen molar-refractivity contribution in [3.63, 3.8) is 0 Å². The molecule has 0 fully saturated rings. The van der Waals surface area contributed by atoms with Gasteiger partial charge in [0.15, 0.2) is 5.58 Å². The summed E-state index contributed by atoms with van der Waals surface area (Å²) in [6.07, 6.45) is 0. The third-order valence-corrected chi connectivity index (χ3v) is 5.52. The van der Waals surface area contributed by atoms with Gasteiger partial charge in [-0.1, -0.05) is 28.1 Å². The SMILES string of the molecule is Cc1ccc2oc(-c3cccc(NC(=O)c4cc(Br)ccc4I)c3)nc2c1. The fraction of sp³-hybridized carbons (Fsp3) is 0.0476. The Morgan fingerprint density at radius 1 is 1.11 bits per heavy atom. The molecule has 1 aromatic heterocycles. The third-order valence-electron chi connectivity index (χ3n) is 4.08. The number of carbonyl (C=O) groups is 1. The topological polar surface area (TPSA) is 55.1 Å². The molecule has 0 saturated heterocycles. The van der Waals surface area contributed by atoms with E-state index in [1.807, 2.05) is 67.6 Å². The molecule has 6 heteroatoms. The van der Waals surface area contributed by atoms with Gasteiger partial charge in [0.2, 0.25) is 5.89 Å². The van der Waals surface area contributed by atoms with Crippen molar-refractivity contribution in [3.05, 3.63) is 79.8 Å². The van der Waals surface area contributed by atoms with Gasteiger partial charge in [0.1, 0.15) is 5.52 Å². The zero-order chi connectivity index (χ0) is 19.0. The summed E-state index contributed by atoms with van der Waals surface area (Å²) in [5.41, 5.74) is 4.81. The zero-order valence-corrected chi connectivity index (χ0v) is 18.0. The van der Waals surface area contributed by atoms with E-state index in [0.717, 1.165) is 30.3 Å². The Hall–Kier alpha value is -2.19. The Balaban J connectivity index is 1.63. The lowest BCUT2D eigenvalue weighted by Gasteiger charge is -2.08. The number of nitrogens with one attached hydrogen (secondary N) is 1. The average Bonchev–Trinajstić information content (AvgIpc) is 3.07. The van der Waals surface area contributed by atoms with Crippen LogP contribution in [0.2, 0.25) is 0 Å². The van der Waals surface area contributed by atoms with Gasteiger partial charge in [0, 0.05) is 19.3 Å². The summed E-state index contributed by atoms with van der Waals surface area (Å²) in [5, 5.41) is 2.95. The van der Waals surface area contributed by atoms with E-state index in [9.17, 15) is 4.79 Å². The van der Waals surface area contributed by atoms with E-state index in [4.69, 9.17) is 4.42 Å². The van der Waals surface area contributed by atoms with E-state index in [1.54, 1.807) is 0 Å². The molecule has 0 aliphatic rings. The van der Waals surface area contributed by atoms with Crippen molar-refractivity contribution >= 4 is 61.2 Å². The lowest BCUT2D eigenvalue weighted by atomic mass is 10.1. The van der Waals surface area contributed by atoms with E-state index >= 15 is 0 Å². The Bertz CT molecular complexity index is 1170. The van der Waals surface area contributed by atoms with Crippen LogP contribution < -0.4 is 5.32 Å². The molecule has 134 valence electrons. The first-order valence-corrected chi connectivity index (χ1v) is 10.1. The quantitative estimate of drug-likeness (QED) is 0.310. The van der Waals surface area contributed by atoms with E-state index in [1.165, 1.54) is 0 Å². The third kappa shape index (κ3) is 3.91. The van der Waals surface area contributed by atoms with Crippen molar-refractivity contribution in [2.75, 3.05) is 5.32 Å². The monoisotopic (exact) mass is 532 g/mol. The molecular weight excluding hydrogens is 519 g/mol. The number of rotatable bonds is 3. The average molecular weight is 533 g/mol. The highest BCUT2D eigenvalue weighted by Gasteiger charge is 2.13. The first-order valence-electron chi connectivity index (χ1n) is 8.23. The van der Waals surface area contributed by atoms with Gasteiger partial charge in [-0.3, -0.25) is 4.79 Å². The number of halogens is 2. The molecule has 27 heavy (non-hydrogen) atoms. The van der Waals surface area contributed by atoms with Crippen molar-refractivity contribution in [3.8, 4) is 11.5 Å². The maximum atomic E-state index is 12.6. The summed E-state index contributed by atoms with van der Waals surface area (Å²) in [6, 6.07) is 19.0. The molecule has 1 heterocycles. The summed E-state index contributed by atoms with van der Waals surface area (Å²) < 4.78 is 7.61. The second-order valence-electron chi connectivity index (χ2n) is 6.15. The van der Waals surface area contributed by atoms with Gasteiger partial charge in [-0.05, 0) is 83.6 Å². The van der Waals surface area contributed by atoms with Crippen LogP contribution in [0.3, 0.4) is 0 Å². The second kappa shape index (κ2) is 7.44. The molecule has 0 aliphatic carbocycles. The zero-order valence-electron chi connectivity index (χ0n) is 14.3. The predicted octanol–water partition coefficient (Wildman–Crippen LogP) is 6.42. The van der Waals surface area contributed by atoms with Gasteiger partial charge in [0.25, 0.3) is 5.91 Å². The molecule has 0 spiro atoms. The van der Waals surface area contributed by atoms with Crippen LogP contribution in [0.1, 0.15) is 15.9 Å². The van der Waals surface area contributed by atoms with E-state index in [0.29, 0.717) is 17.1 Å². The van der Waals surface area contributed by atoms with Crippen LogP contribution >= 0.6 is 38.5 Å². The van der Waals surface area contributed by atoms with Crippen LogP contribution in [0.25, 0.3) is 22.6 Å². The number of anilines is 1. The van der Waals surface area contributed by atoms with Crippen molar-refractivity contribution in [1.29, 1.82) is 0 Å². The number of fused-ring (bicyclic) bond motifs is 1. The minimum absolute atomic E-state index is 0.161. The highest BCUT2D eigenvalue weighted by molar-refractivity contribution is 14.1. The lowest BCUT2D eigenvalue weighted by molar-refractivity contribution is 0.102. The van der Waals surface area contributed by atoms with E-state index < -0.39 is 0 Å². The number of benzene rings is 3. The van der Waals surface area contributed by atoms with Crippen LogP contribution in [-0.4, -0.2) is 10.9 Å². The van der Waals surface area contributed by atoms with Crippen molar-refractivity contribution < 1.29 is 9.21 Å². The Morgan fingerprint density at radius 2 is 1.96 bits per heavy atom. The Labute approximate surface area is 178 Å². The van der Waals surface area contributed by atoms with Crippen molar-refractivity contribution in [2.24, 2.45) is 0 Å². The summed E-state index contributed by atoms with van der Waals surface area (Å²) >= 11 is 5.56. The Morgan fingerprint density at radius 3 is 2.81 bits per heavy atom. The number of amides is 1. The standard InChI is InChI=1S/C21H14BrIN2O2/c1-12-5-8-19-18(9-12)25-21(27-19)13-3-2-4-15(10-13)24-20(26)16-11-14(22)6-7-17(16)23/h2-11H,1H3,(H,24,26). The number of carbonyl (C=O) groups excluding carboxylic acids is 1. The maximum Gasteiger partial charge on any atom is 0.256 e. The molecule has 1 N–H and O–H groups in total. The van der Waals surface area contributed by atoms with Gasteiger partial charge in [-0.2, -0.15) is 0 Å². The number of oxazole rings is 1. The number of nitrogens with zero attached hydrogens (tertiary/aromatic N) is 1. The summed E-state index contributed by atoms with van der Waals surface area (Å²) in [5.74, 6) is 0.370. The van der Waals surface area contributed by atoms with Crippen LogP contribution in [0.15, 0.2) is 69.6 Å². The largest absolute Gasteiger partial charge is 0.436 e. The maximum absolute atomic E-state index is 12.6. The molecular formula is C21H14BrIN2O2. The molecule has 1 amide bonds. The summed E-state index contributed by atoms with van der Waals surface area (Å²) in [7, 11) is 0. The first-order chi connectivity index (χ1) is 13.0. The van der Waals surface area contributed by atoms with Crippen LogP contribution in [0.4, 0.5) is 5.69 Å². The smallest absolute Gasteiger partial charge is 0.256 e. The molecule has 0 saturated carbocycles. The number of hydrogen-bond acceptors (Lipinski definition) is 3. The second-order valence-corrected chi connectivity index (χ2v) is 8.23. The van der Waals surface area contributed by atoms with Crippen molar-refractivity contribution in [2.45, 2.75) is 6.92 Å². The fourth-order valence-electron chi connectivity index (χ4n) is 2.76. The molecule has 0 unspecified atom stereocenters. The molecule has 0 bridgehead atoms. The van der Waals surface area contributed by atoms with Crippen molar-refractivity contribution in [1.82, 2.24) is 4.98 Å². The van der Waals surface area contributed by atoms with Crippen LogP contribution in [0.5, 0.6) is 0 Å². The van der Waals surface area contributed by atoms with Crippen LogP contribution in [0, 0.1) is 10.5 Å². The fourth-order valence-corrected chi connectivity index (χ4v) is 3.70. The molecule has 3 aromatic carbocycles. The number of aromatic nitrogens is 1. The minimum atomic E-state index is -0.161. The molecule has 0 aliphatic heterocycles. The highest BCUT2D eigenvalue weighted by Crippen LogP contribution is 2.27. The first kappa shape index (κ1) is 18.2. The van der Waals surface area contributed by atoms with Gasteiger partial charge in [-0.15, -0.1) is 0 Å². The normalized spacial score (nSPS) is 10.9. The van der Waals surface area contributed by atoms with Gasteiger partial charge in [-0.25, -0.2) is 4.98 Å². The number of aryl methyl sites for hydroxylation is 1. The minimum Gasteiger partial charge on any atom is -0.436 e. The van der Waals surface area contributed by atoms with Crippen LogP contribution in [-0.2, 0) is 0 Å². The molecule has 4 rings (SSSR count). The lowest BCUT2D eigenvalue weighted by Crippen LogP contribution is -2.13. The summed E-state index contributed by atoms with van der Waals surface area (Å²) in [4.78, 5) is 17.2. The molecule has 4 nitrogen and oxygen atoms in total. The number of hydrogen-bond donors (Lipinski definition) is 1. The van der Waals surface area contributed by atoms with Gasteiger partial charge in [0.05, 0.1) is 5.56 Å². The molecule has 0 radical (unpaired) electrons. The van der Waals surface area contributed by atoms with Gasteiger partial charge < -0.3 is 9.73 Å².